The van der Waals surface area contributed by atoms with Gasteiger partial charge >= 0.3 is 0 Å². The molecule has 1 saturated heterocycles. The van der Waals surface area contributed by atoms with Crippen LogP contribution in [0.25, 0.3) is 0 Å². The highest BCUT2D eigenvalue weighted by Crippen LogP contribution is 2.15. The molecule has 3 heteroatoms. The minimum Gasteiger partial charge on any atom is -0.396 e. The monoisotopic (exact) mass is 258 g/mol. The van der Waals surface area contributed by atoms with E-state index in [1.165, 1.54) is 57.8 Å². The molecule has 0 amide bonds. The molecule has 1 fully saturated rings. The number of aliphatic hydroxyl groups is 1. The lowest BCUT2D eigenvalue weighted by atomic mass is 10.1. The third-order valence-corrected chi connectivity index (χ3v) is 3.54. The molecule has 108 valence electrons. The zero-order chi connectivity index (χ0) is 12.9. The highest BCUT2D eigenvalue weighted by Gasteiger charge is 2.14. The third kappa shape index (κ3) is 8.90. The molecule has 0 unspecified atom stereocenters. The van der Waals surface area contributed by atoms with Gasteiger partial charge in [0.05, 0.1) is 13.2 Å². The van der Waals surface area contributed by atoms with E-state index in [1.54, 1.807) is 0 Å². The summed E-state index contributed by atoms with van der Waals surface area (Å²) in [5.74, 6) is 0. The fraction of sp³-hybridized carbons (Fsp3) is 1.00. The molecule has 0 aromatic rings. The second kappa shape index (κ2) is 11.9. The zero-order valence-corrected chi connectivity index (χ0v) is 11.7. The van der Waals surface area contributed by atoms with Crippen LogP contribution in [0.15, 0.2) is 0 Å². The van der Waals surface area contributed by atoms with Gasteiger partial charge in [0.1, 0.15) is 0 Å². The van der Waals surface area contributed by atoms with E-state index in [2.05, 4.69) is 0 Å². The average Bonchev–Trinajstić information content (AvgIpc) is 2.89. The van der Waals surface area contributed by atoms with Gasteiger partial charge in [-0.3, -0.25) is 0 Å². The van der Waals surface area contributed by atoms with Crippen molar-refractivity contribution in [3.63, 3.8) is 0 Å². The highest BCUT2D eigenvalue weighted by molar-refractivity contribution is 4.53. The summed E-state index contributed by atoms with van der Waals surface area (Å²) in [7, 11) is 0. The Bertz CT molecular complexity index is 167. The van der Waals surface area contributed by atoms with Gasteiger partial charge in [-0.15, -0.1) is 0 Å². The maximum Gasteiger partial charge on any atom is 0.157 e. The maximum atomic E-state index is 8.65. The van der Waals surface area contributed by atoms with Crippen molar-refractivity contribution in [2.24, 2.45) is 0 Å². The predicted octanol–water partition coefficient (Wildman–Crippen LogP) is 3.64. The molecule has 0 aliphatic carbocycles. The van der Waals surface area contributed by atoms with Crippen molar-refractivity contribution in [1.82, 2.24) is 0 Å². The van der Waals surface area contributed by atoms with Gasteiger partial charge in [-0.25, -0.2) is 0 Å². The molecule has 0 aromatic carbocycles. The van der Waals surface area contributed by atoms with Gasteiger partial charge in [0.15, 0.2) is 6.29 Å². The summed E-state index contributed by atoms with van der Waals surface area (Å²) in [5.41, 5.74) is 0. The molecule has 0 aromatic heterocycles. The second-order valence-electron chi connectivity index (χ2n) is 5.22. The number of rotatable bonds is 12. The van der Waals surface area contributed by atoms with E-state index >= 15 is 0 Å². The van der Waals surface area contributed by atoms with Gasteiger partial charge in [0, 0.05) is 6.61 Å². The van der Waals surface area contributed by atoms with Crippen LogP contribution in [0.2, 0.25) is 0 Å². The Morgan fingerprint density at radius 1 is 0.667 bits per heavy atom. The molecule has 1 N–H and O–H groups in total. The van der Waals surface area contributed by atoms with Crippen molar-refractivity contribution >= 4 is 0 Å². The molecule has 1 aliphatic heterocycles. The van der Waals surface area contributed by atoms with Crippen molar-refractivity contribution in [3.8, 4) is 0 Å². The first-order valence-corrected chi connectivity index (χ1v) is 7.77. The minimum atomic E-state index is 0.0940. The van der Waals surface area contributed by atoms with Crippen LogP contribution in [0.1, 0.15) is 70.6 Å². The molecule has 3 nitrogen and oxygen atoms in total. The van der Waals surface area contributed by atoms with E-state index in [9.17, 15) is 0 Å². The maximum absolute atomic E-state index is 8.65. The molecule has 1 rings (SSSR count). The SMILES string of the molecule is OCCCCCCCCCCCCC1OCCO1. The van der Waals surface area contributed by atoms with Crippen molar-refractivity contribution in [3.05, 3.63) is 0 Å². The summed E-state index contributed by atoms with van der Waals surface area (Å²) in [4.78, 5) is 0. The number of ether oxygens (including phenoxy) is 2. The van der Waals surface area contributed by atoms with Crippen LogP contribution >= 0.6 is 0 Å². The van der Waals surface area contributed by atoms with Crippen LogP contribution in [0.4, 0.5) is 0 Å². The van der Waals surface area contributed by atoms with Gasteiger partial charge in [-0.05, 0) is 19.3 Å². The Balaban J connectivity index is 1.68. The van der Waals surface area contributed by atoms with Crippen molar-refractivity contribution < 1.29 is 14.6 Å². The van der Waals surface area contributed by atoms with Crippen molar-refractivity contribution in [1.29, 1.82) is 0 Å². The van der Waals surface area contributed by atoms with Crippen LogP contribution in [-0.2, 0) is 9.47 Å². The Morgan fingerprint density at radius 2 is 1.11 bits per heavy atom. The van der Waals surface area contributed by atoms with Crippen LogP contribution in [-0.4, -0.2) is 31.2 Å². The summed E-state index contributed by atoms with van der Waals surface area (Å²) >= 11 is 0. The van der Waals surface area contributed by atoms with Gasteiger partial charge in [0.25, 0.3) is 0 Å². The number of hydrogen-bond donors (Lipinski definition) is 1. The lowest BCUT2D eigenvalue weighted by molar-refractivity contribution is -0.0480. The predicted molar refractivity (Wildman–Crippen MR) is 73.6 cm³/mol. The fourth-order valence-electron chi connectivity index (χ4n) is 2.41. The number of hydrogen-bond acceptors (Lipinski definition) is 3. The van der Waals surface area contributed by atoms with Gasteiger partial charge in [0.2, 0.25) is 0 Å². The summed E-state index contributed by atoms with van der Waals surface area (Å²) in [6, 6.07) is 0. The van der Waals surface area contributed by atoms with Crippen molar-refractivity contribution in [2.75, 3.05) is 19.8 Å². The van der Waals surface area contributed by atoms with Crippen LogP contribution in [0, 0.1) is 0 Å². The van der Waals surface area contributed by atoms with E-state index in [0.717, 1.165) is 26.1 Å². The Labute approximate surface area is 112 Å². The molecular formula is C15H30O3. The molecule has 0 bridgehead atoms. The summed E-state index contributed by atoms with van der Waals surface area (Å²) in [6.45, 7) is 1.91. The topological polar surface area (TPSA) is 38.7 Å². The van der Waals surface area contributed by atoms with Crippen LogP contribution in [0.5, 0.6) is 0 Å². The van der Waals surface area contributed by atoms with Crippen molar-refractivity contribution in [2.45, 2.75) is 76.9 Å². The largest absolute Gasteiger partial charge is 0.396 e. The Morgan fingerprint density at radius 3 is 1.61 bits per heavy atom. The molecule has 0 spiro atoms. The molecule has 1 heterocycles. The lowest BCUT2D eigenvalue weighted by Crippen LogP contribution is -2.06. The molecule has 0 radical (unpaired) electrons. The standard InChI is InChI=1S/C15H30O3/c16-12-10-8-6-4-2-1-3-5-7-9-11-15-17-13-14-18-15/h15-16H,1-14H2. The third-order valence-electron chi connectivity index (χ3n) is 3.54. The van der Waals surface area contributed by atoms with E-state index in [0.29, 0.717) is 6.61 Å². The first-order valence-electron chi connectivity index (χ1n) is 7.77. The first kappa shape index (κ1) is 15.9. The lowest BCUT2D eigenvalue weighted by Gasteiger charge is -2.08. The quantitative estimate of drug-likeness (QED) is 0.543. The molecular weight excluding hydrogens is 228 g/mol. The van der Waals surface area contributed by atoms with Gasteiger partial charge in [-0.1, -0.05) is 51.4 Å². The molecule has 18 heavy (non-hydrogen) atoms. The van der Waals surface area contributed by atoms with E-state index < -0.39 is 0 Å². The Kier molecular flexibility index (Phi) is 10.6. The van der Waals surface area contributed by atoms with Crippen LogP contribution < -0.4 is 0 Å². The number of aliphatic hydroxyl groups excluding tert-OH is 1. The highest BCUT2D eigenvalue weighted by atomic mass is 16.7. The molecule has 1 aliphatic rings. The van der Waals surface area contributed by atoms with E-state index in [4.69, 9.17) is 14.6 Å². The van der Waals surface area contributed by atoms with Crippen LogP contribution in [0.3, 0.4) is 0 Å². The van der Waals surface area contributed by atoms with E-state index in [1.807, 2.05) is 0 Å². The summed E-state index contributed by atoms with van der Waals surface area (Å²) < 4.78 is 10.8. The average molecular weight is 258 g/mol. The van der Waals surface area contributed by atoms with E-state index in [-0.39, 0.29) is 6.29 Å². The minimum absolute atomic E-state index is 0.0940. The zero-order valence-electron chi connectivity index (χ0n) is 11.7. The fourth-order valence-corrected chi connectivity index (χ4v) is 2.41. The second-order valence-corrected chi connectivity index (χ2v) is 5.22. The number of unbranched alkanes of at least 4 members (excludes halogenated alkanes) is 9. The molecule has 0 atom stereocenters. The first-order chi connectivity index (χ1) is 8.93. The molecule has 0 saturated carbocycles. The Hall–Kier alpha value is -0.120. The smallest absolute Gasteiger partial charge is 0.157 e. The summed E-state index contributed by atoms with van der Waals surface area (Å²) in [5, 5.41) is 8.65. The summed E-state index contributed by atoms with van der Waals surface area (Å²) in [6.07, 6.45) is 14.0. The van der Waals surface area contributed by atoms with Gasteiger partial charge < -0.3 is 14.6 Å². The normalized spacial score (nSPS) is 16.5. The van der Waals surface area contributed by atoms with Gasteiger partial charge in [-0.2, -0.15) is 0 Å².